The molecule has 0 bridgehead atoms. The van der Waals surface area contributed by atoms with Gasteiger partial charge in [0.25, 0.3) is 5.91 Å². The van der Waals surface area contributed by atoms with Gasteiger partial charge in [-0.25, -0.2) is 4.39 Å². The van der Waals surface area contributed by atoms with E-state index < -0.39 is 0 Å². The van der Waals surface area contributed by atoms with Crippen LogP contribution in [0.1, 0.15) is 17.3 Å². The Morgan fingerprint density at radius 3 is 2.22 bits per heavy atom. The largest absolute Gasteiger partial charge is 0.496 e. The molecule has 2 heterocycles. The lowest BCUT2D eigenvalue weighted by Gasteiger charge is -2.15. The van der Waals surface area contributed by atoms with Crippen LogP contribution in [0.15, 0.2) is 95.7 Å². The van der Waals surface area contributed by atoms with E-state index in [-0.39, 0.29) is 11.7 Å². The third-order valence-corrected chi connectivity index (χ3v) is 7.12. The van der Waals surface area contributed by atoms with Crippen LogP contribution < -0.4 is 15.4 Å². The first kappa shape index (κ1) is 32.1. The van der Waals surface area contributed by atoms with Gasteiger partial charge >= 0.3 is 0 Å². The molecule has 0 saturated heterocycles. The minimum Gasteiger partial charge on any atom is -0.496 e. The van der Waals surface area contributed by atoms with Crippen molar-refractivity contribution >= 4 is 46.4 Å². The molecule has 0 aliphatic carbocycles. The molecule has 0 saturated carbocycles. The Morgan fingerprint density at radius 1 is 0.889 bits per heavy atom. The number of nitrogens with one attached hydrogen (secondary N) is 2. The number of carbonyl (C=O) groups is 3. The Labute approximate surface area is 259 Å². The third-order valence-electron chi connectivity index (χ3n) is 7.12. The zero-order valence-electron chi connectivity index (χ0n) is 25.3. The summed E-state index contributed by atoms with van der Waals surface area (Å²) in [7, 11) is 5.08. The number of carbonyl (C=O) groups excluding carboxylic acids is 3. The molecule has 0 aliphatic heterocycles. The van der Waals surface area contributed by atoms with E-state index in [1.54, 1.807) is 32.5 Å². The van der Waals surface area contributed by atoms with Gasteiger partial charge in [-0.1, -0.05) is 18.2 Å². The summed E-state index contributed by atoms with van der Waals surface area (Å²) < 4.78 is 25.6. The number of hydrogen-bond donors (Lipinski definition) is 2. The van der Waals surface area contributed by atoms with Gasteiger partial charge in [0, 0.05) is 65.7 Å². The van der Waals surface area contributed by atoms with Crippen LogP contribution in [-0.2, 0) is 9.59 Å². The molecule has 0 fully saturated rings. The number of pyridine rings is 1. The Kier molecular flexibility index (Phi) is 10.4. The number of amides is 1. The van der Waals surface area contributed by atoms with Crippen LogP contribution in [0.2, 0.25) is 0 Å². The van der Waals surface area contributed by atoms with Crippen molar-refractivity contribution in [2.24, 2.45) is 0 Å². The summed E-state index contributed by atoms with van der Waals surface area (Å²) in [5, 5.41) is 8.78. The molecule has 6 aromatic rings. The molecule has 228 valence electrons. The molecule has 2 aromatic heterocycles. The summed E-state index contributed by atoms with van der Waals surface area (Å²) >= 11 is 0. The molecule has 4 aromatic carbocycles. The van der Waals surface area contributed by atoms with Gasteiger partial charge in [0.15, 0.2) is 0 Å². The van der Waals surface area contributed by atoms with Gasteiger partial charge in [0.05, 0.1) is 12.7 Å². The number of methoxy groups -OCH3 is 1. The van der Waals surface area contributed by atoms with Gasteiger partial charge in [-0.3, -0.25) is 9.78 Å². The van der Waals surface area contributed by atoms with Crippen molar-refractivity contribution in [3.63, 3.8) is 0 Å². The van der Waals surface area contributed by atoms with E-state index in [2.05, 4.69) is 39.9 Å². The molecular formula is C36H32FN3O5. The van der Waals surface area contributed by atoms with Crippen LogP contribution in [0.5, 0.6) is 5.75 Å². The van der Waals surface area contributed by atoms with E-state index in [1.807, 2.05) is 50.4 Å². The van der Waals surface area contributed by atoms with Crippen molar-refractivity contribution in [2.45, 2.75) is 6.92 Å². The standard InChI is InChI=1S/C33H26FN3O3.C2H4O.CH2O/c1-35-28-17-30-27(31(33(38)36-2)32(40-30)20-6-9-24(34)10-7-20)16-25(28)22-8-11-29(39-3)26(15-22)21-5-4-19-12-13-37-18-23(19)14-21;1-2-3;1-2/h4-18,35H,1-3H3,(H,36,38);2H,1H3;1H2. The molecule has 0 atom stereocenters. The third kappa shape index (κ3) is 6.57. The SMILES string of the molecule is C=O.CC=O.CNC(=O)c1c(-c2ccc(F)cc2)oc2cc(NC)c(-c3ccc(OC)c(-c4ccc5ccncc5c4)c3)cc12. The van der Waals surface area contributed by atoms with Gasteiger partial charge in [-0.05, 0) is 78.0 Å². The molecule has 0 unspecified atom stereocenters. The maximum absolute atomic E-state index is 13.6. The average Bonchev–Trinajstić information content (AvgIpc) is 3.46. The fourth-order valence-corrected chi connectivity index (χ4v) is 5.10. The number of anilines is 1. The van der Waals surface area contributed by atoms with Crippen LogP contribution >= 0.6 is 0 Å². The highest BCUT2D eigenvalue weighted by molar-refractivity contribution is 6.13. The first-order chi connectivity index (χ1) is 21.9. The van der Waals surface area contributed by atoms with E-state index in [1.165, 1.54) is 19.1 Å². The molecule has 9 heteroatoms. The van der Waals surface area contributed by atoms with Crippen LogP contribution in [0.25, 0.3) is 55.3 Å². The smallest absolute Gasteiger partial charge is 0.255 e. The number of ether oxygens (including phenoxy) is 1. The highest BCUT2D eigenvalue weighted by atomic mass is 19.1. The first-order valence-electron chi connectivity index (χ1n) is 13.9. The minimum atomic E-state index is -0.362. The van der Waals surface area contributed by atoms with Gasteiger partial charge in [-0.2, -0.15) is 0 Å². The van der Waals surface area contributed by atoms with Crippen LogP contribution in [0.4, 0.5) is 10.1 Å². The summed E-state index contributed by atoms with van der Waals surface area (Å²) in [4.78, 5) is 34.2. The van der Waals surface area contributed by atoms with Crippen molar-refractivity contribution in [3.8, 4) is 39.3 Å². The second kappa shape index (κ2) is 14.6. The normalized spacial score (nSPS) is 10.2. The molecule has 0 radical (unpaired) electrons. The molecule has 2 N–H and O–H groups in total. The molecule has 0 aliphatic rings. The van der Waals surface area contributed by atoms with Crippen LogP contribution in [0, 0.1) is 5.82 Å². The van der Waals surface area contributed by atoms with Gasteiger partial charge in [-0.15, -0.1) is 0 Å². The fraction of sp³-hybridized carbons (Fsp3) is 0.111. The Balaban J connectivity index is 0.000000871. The molecule has 8 nitrogen and oxygen atoms in total. The van der Waals surface area contributed by atoms with Crippen LogP contribution in [0.3, 0.4) is 0 Å². The Morgan fingerprint density at radius 2 is 1.56 bits per heavy atom. The van der Waals surface area contributed by atoms with E-state index in [9.17, 15) is 9.18 Å². The maximum Gasteiger partial charge on any atom is 0.255 e. The zero-order chi connectivity index (χ0) is 32.5. The van der Waals surface area contributed by atoms with Crippen molar-refractivity contribution < 1.29 is 27.9 Å². The van der Waals surface area contributed by atoms with E-state index in [4.69, 9.17) is 18.7 Å². The summed E-state index contributed by atoms with van der Waals surface area (Å²) in [5.41, 5.74) is 6.12. The quantitative estimate of drug-likeness (QED) is 0.189. The lowest BCUT2D eigenvalue weighted by atomic mass is 9.94. The summed E-state index contributed by atoms with van der Waals surface area (Å²) in [6.45, 7) is 3.44. The first-order valence-corrected chi connectivity index (χ1v) is 13.9. The summed E-state index contributed by atoms with van der Waals surface area (Å²) in [6, 6.07) is 24.0. The number of furan rings is 1. The van der Waals surface area contributed by atoms with Crippen molar-refractivity contribution in [3.05, 3.63) is 103 Å². The van der Waals surface area contributed by atoms with Crippen LogP contribution in [-0.4, -0.2) is 45.2 Å². The number of aromatic nitrogens is 1. The van der Waals surface area contributed by atoms with Crippen molar-refractivity contribution in [2.75, 3.05) is 26.5 Å². The molecule has 1 amide bonds. The van der Waals surface area contributed by atoms with E-state index >= 15 is 0 Å². The second-order valence-electron chi connectivity index (χ2n) is 9.62. The molecule has 0 spiro atoms. The number of hydrogen-bond acceptors (Lipinski definition) is 7. The monoisotopic (exact) mass is 605 g/mol. The van der Waals surface area contributed by atoms with Crippen molar-refractivity contribution in [1.29, 1.82) is 0 Å². The summed E-state index contributed by atoms with van der Waals surface area (Å²) in [5.74, 6) is 0.473. The van der Waals surface area contributed by atoms with Crippen molar-refractivity contribution in [1.82, 2.24) is 10.3 Å². The summed E-state index contributed by atoms with van der Waals surface area (Å²) in [6.07, 6.45) is 4.38. The number of rotatable bonds is 6. The topological polar surface area (TPSA) is 111 Å². The molecular weight excluding hydrogens is 573 g/mol. The predicted molar refractivity (Wildman–Crippen MR) is 176 cm³/mol. The number of nitrogens with zero attached hydrogens (tertiary/aromatic N) is 1. The number of benzene rings is 4. The number of halogens is 1. The average molecular weight is 606 g/mol. The molecule has 45 heavy (non-hydrogen) atoms. The Bertz CT molecular complexity index is 1970. The number of fused-ring (bicyclic) bond motifs is 2. The van der Waals surface area contributed by atoms with E-state index in [0.717, 1.165) is 50.7 Å². The fourth-order valence-electron chi connectivity index (χ4n) is 5.10. The highest BCUT2D eigenvalue weighted by Crippen LogP contribution is 2.42. The second-order valence-corrected chi connectivity index (χ2v) is 9.62. The van der Waals surface area contributed by atoms with Gasteiger partial charge < -0.3 is 29.4 Å². The maximum atomic E-state index is 13.6. The zero-order valence-corrected chi connectivity index (χ0v) is 25.3. The van der Waals surface area contributed by atoms with Gasteiger partial charge in [0.1, 0.15) is 36.0 Å². The number of aldehydes is 1. The predicted octanol–water partition coefficient (Wildman–Crippen LogP) is 7.55. The van der Waals surface area contributed by atoms with E-state index in [0.29, 0.717) is 27.9 Å². The highest BCUT2D eigenvalue weighted by Gasteiger charge is 2.23. The Hall–Kier alpha value is -5.83. The lowest BCUT2D eigenvalue weighted by molar-refractivity contribution is -0.106. The van der Waals surface area contributed by atoms with Gasteiger partial charge in [0.2, 0.25) is 0 Å². The molecule has 6 rings (SSSR count). The minimum absolute atomic E-state index is 0.290. The lowest BCUT2D eigenvalue weighted by Crippen LogP contribution is -2.18.